The lowest BCUT2D eigenvalue weighted by molar-refractivity contribution is 0.896. The van der Waals surface area contributed by atoms with Crippen LogP contribution >= 0.6 is 22.6 Å². The normalized spacial score (nSPS) is 18.7. The van der Waals surface area contributed by atoms with Crippen LogP contribution in [0.15, 0.2) is 35.9 Å². The van der Waals surface area contributed by atoms with E-state index in [0.717, 1.165) is 0 Å². The number of benzene rings is 1. The van der Waals surface area contributed by atoms with E-state index in [0.29, 0.717) is 0 Å². The number of hydrogen-bond donors (Lipinski definition) is 0. The summed E-state index contributed by atoms with van der Waals surface area (Å²) in [7, 11) is 0. The summed E-state index contributed by atoms with van der Waals surface area (Å²) < 4.78 is 1.36. The predicted molar refractivity (Wildman–Crippen MR) is 72.8 cm³/mol. The van der Waals surface area contributed by atoms with Crippen LogP contribution in [0.5, 0.6) is 0 Å². The summed E-state index contributed by atoms with van der Waals surface area (Å²) in [5.41, 5.74) is 6.25. The zero-order valence-corrected chi connectivity index (χ0v) is 10.8. The molecule has 0 amide bonds. The second-order valence-electron chi connectivity index (χ2n) is 4.25. The molecular formula is C14H13I. The quantitative estimate of drug-likeness (QED) is 0.625. The molecule has 2 aliphatic rings. The Labute approximate surface area is 104 Å². The monoisotopic (exact) mass is 308 g/mol. The molecule has 0 N–H and O–H groups in total. The summed E-state index contributed by atoms with van der Waals surface area (Å²) in [6.07, 6.45) is 9.55. The van der Waals surface area contributed by atoms with Gasteiger partial charge in [-0.2, -0.15) is 0 Å². The predicted octanol–water partition coefficient (Wildman–Crippen LogP) is 4.34. The zero-order valence-electron chi connectivity index (χ0n) is 8.59. The Balaban J connectivity index is 2.17. The number of halogens is 1. The maximum Gasteiger partial charge on any atom is 0.0133 e. The minimum atomic E-state index is 1.21. The van der Waals surface area contributed by atoms with Gasteiger partial charge in [-0.1, -0.05) is 18.2 Å². The highest BCUT2D eigenvalue weighted by Gasteiger charge is 2.18. The van der Waals surface area contributed by atoms with Crippen molar-refractivity contribution < 1.29 is 0 Å². The van der Waals surface area contributed by atoms with Crippen molar-refractivity contribution in [2.24, 2.45) is 0 Å². The van der Waals surface area contributed by atoms with Crippen LogP contribution in [-0.2, 0) is 6.42 Å². The first kappa shape index (κ1) is 9.64. The molecule has 2 aliphatic carbocycles. The standard InChI is InChI=1S/C14H13I/c15-12-7-8-14-11(9-12)6-5-10-3-1-2-4-13(10)14/h1,3,7-9H,2,4-6H2. The average molecular weight is 308 g/mol. The molecule has 0 spiro atoms. The summed E-state index contributed by atoms with van der Waals surface area (Å²) in [6.45, 7) is 0. The molecule has 0 radical (unpaired) electrons. The Morgan fingerprint density at radius 1 is 1.07 bits per heavy atom. The fourth-order valence-corrected chi connectivity index (χ4v) is 3.14. The van der Waals surface area contributed by atoms with Gasteiger partial charge in [0.15, 0.2) is 0 Å². The first-order valence-corrected chi connectivity index (χ1v) is 6.60. The molecule has 0 aliphatic heterocycles. The van der Waals surface area contributed by atoms with Crippen LogP contribution in [-0.4, -0.2) is 0 Å². The van der Waals surface area contributed by atoms with E-state index in [1.165, 1.54) is 34.8 Å². The second-order valence-corrected chi connectivity index (χ2v) is 5.49. The van der Waals surface area contributed by atoms with Crippen LogP contribution in [0.1, 0.15) is 30.4 Å². The Morgan fingerprint density at radius 3 is 2.93 bits per heavy atom. The molecule has 0 unspecified atom stereocenters. The molecule has 0 saturated heterocycles. The van der Waals surface area contributed by atoms with E-state index < -0.39 is 0 Å². The van der Waals surface area contributed by atoms with Crippen molar-refractivity contribution in [3.05, 3.63) is 50.6 Å². The van der Waals surface area contributed by atoms with Gasteiger partial charge in [0.1, 0.15) is 0 Å². The SMILES string of the molecule is Ic1ccc2c(c1)CCC1=C2CCC=C1. The van der Waals surface area contributed by atoms with Crippen molar-refractivity contribution in [2.45, 2.75) is 25.7 Å². The fourth-order valence-electron chi connectivity index (χ4n) is 2.59. The number of rotatable bonds is 0. The van der Waals surface area contributed by atoms with E-state index in [9.17, 15) is 0 Å². The van der Waals surface area contributed by atoms with Gasteiger partial charge in [-0.05, 0) is 82.7 Å². The van der Waals surface area contributed by atoms with Gasteiger partial charge in [0.2, 0.25) is 0 Å². The lowest BCUT2D eigenvalue weighted by Crippen LogP contribution is -2.06. The number of aryl methyl sites for hydroxylation is 1. The molecule has 0 atom stereocenters. The molecule has 0 aromatic heterocycles. The maximum absolute atomic E-state index is 2.40. The molecule has 0 fully saturated rings. The number of fused-ring (bicyclic) bond motifs is 2. The lowest BCUT2D eigenvalue weighted by atomic mass is 9.81. The van der Waals surface area contributed by atoms with E-state index in [-0.39, 0.29) is 0 Å². The molecule has 0 nitrogen and oxygen atoms in total. The maximum atomic E-state index is 2.40. The Kier molecular flexibility index (Phi) is 2.43. The van der Waals surface area contributed by atoms with E-state index >= 15 is 0 Å². The molecule has 0 saturated carbocycles. The molecule has 1 aromatic rings. The Morgan fingerprint density at radius 2 is 2.00 bits per heavy atom. The van der Waals surface area contributed by atoms with Crippen LogP contribution in [0.2, 0.25) is 0 Å². The molecule has 15 heavy (non-hydrogen) atoms. The largest absolute Gasteiger partial charge is 0.0839 e. The fraction of sp³-hybridized carbons (Fsp3) is 0.286. The van der Waals surface area contributed by atoms with Gasteiger partial charge in [0.25, 0.3) is 0 Å². The van der Waals surface area contributed by atoms with Gasteiger partial charge < -0.3 is 0 Å². The Bertz CT molecular complexity index is 466. The van der Waals surface area contributed by atoms with Crippen LogP contribution in [0.4, 0.5) is 0 Å². The third kappa shape index (κ3) is 1.67. The summed E-state index contributed by atoms with van der Waals surface area (Å²) >= 11 is 2.40. The Hall–Kier alpha value is -0.570. The highest BCUT2D eigenvalue weighted by atomic mass is 127. The average Bonchev–Trinajstić information content (AvgIpc) is 2.28. The van der Waals surface area contributed by atoms with Crippen molar-refractivity contribution >= 4 is 28.2 Å². The van der Waals surface area contributed by atoms with Gasteiger partial charge in [-0.3, -0.25) is 0 Å². The van der Waals surface area contributed by atoms with Gasteiger partial charge in [0, 0.05) is 3.57 Å². The molecule has 0 heterocycles. The van der Waals surface area contributed by atoms with E-state index in [1.807, 2.05) is 0 Å². The van der Waals surface area contributed by atoms with Gasteiger partial charge >= 0.3 is 0 Å². The molecular weight excluding hydrogens is 295 g/mol. The second kappa shape index (κ2) is 3.78. The van der Waals surface area contributed by atoms with E-state index in [2.05, 4.69) is 52.9 Å². The van der Waals surface area contributed by atoms with Crippen molar-refractivity contribution in [1.29, 1.82) is 0 Å². The molecule has 3 rings (SSSR count). The highest BCUT2D eigenvalue weighted by Crippen LogP contribution is 2.37. The van der Waals surface area contributed by atoms with Crippen LogP contribution in [0, 0.1) is 3.57 Å². The summed E-state index contributed by atoms with van der Waals surface area (Å²) in [6, 6.07) is 6.89. The van der Waals surface area contributed by atoms with Crippen molar-refractivity contribution in [3.8, 4) is 0 Å². The minimum Gasteiger partial charge on any atom is -0.0839 e. The smallest absolute Gasteiger partial charge is 0.0133 e. The first-order valence-electron chi connectivity index (χ1n) is 5.52. The molecule has 76 valence electrons. The summed E-state index contributed by atoms with van der Waals surface area (Å²) in [5, 5.41) is 0. The zero-order chi connectivity index (χ0) is 10.3. The van der Waals surface area contributed by atoms with Gasteiger partial charge in [-0.15, -0.1) is 0 Å². The van der Waals surface area contributed by atoms with Gasteiger partial charge in [0.05, 0.1) is 0 Å². The molecule has 1 aromatic carbocycles. The van der Waals surface area contributed by atoms with Crippen molar-refractivity contribution in [3.63, 3.8) is 0 Å². The van der Waals surface area contributed by atoms with Crippen LogP contribution < -0.4 is 0 Å². The first-order chi connectivity index (χ1) is 7.34. The van der Waals surface area contributed by atoms with Crippen LogP contribution in [0.3, 0.4) is 0 Å². The number of hydrogen-bond acceptors (Lipinski definition) is 0. The topological polar surface area (TPSA) is 0 Å². The van der Waals surface area contributed by atoms with Gasteiger partial charge in [-0.25, -0.2) is 0 Å². The van der Waals surface area contributed by atoms with Crippen LogP contribution in [0.25, 0.3) is 5.57 Å². The van der Waals surface area contributed by atoms with Crippen molar-refractivity contribution in [2.75, 3.05) is 0 Å². The molecule has 0 bridgehead atoms. The van der Waals surface area contributed by atoms with E-state index in [4.69, 9.17) is 0 Å². The molecule has 1 heteroatoms. The summed E-state index contributed by atoms with van der Waals surface area (Å²) in [5.74, 6) is 0. The summed E-state index contributed by atoms with van der Waals surface area (Å²) in [4.78, 5) is 0. The van der Waals surface area contributed by atoms with Crippen molar-refractivity contribution in [1.82, 2.24) is 0 Å². The van der Waals surface area contributed by atoms with E-state index in [1.54, 1.807) is 16.7 Å². The number of allylic oxidation sites excluding steroid dienone is 4. The third-order valence-electron chi connectivity index (χ3n) is 3.32. The minimum absolute atomic E-state index is 1.21. The third-order valence-corrected chi connectivity index (χ3v) is 3.99. The highest BCUT2D eigenvalue weighted by molar-refractivity contribution is 14.1. The lowest BCUT2D eigenvalue weighted by Gasteiger charge is -2.24.